The van der Waals surface area contributed by atoms with Gasteiger partial charge in [0.05, 0.1) is 19.8 Å². The van der Waals surface area contributed by atoms with E-state index in [4.69, 9.17) is 53.3 Å². The first-order valence-corrected chi connectivity index (χ1v) is 14.4. The minimum atomic E-state index is -4.67. The second kappa shape index (κ2) is 31.3. The molecule has 0 saturated heterocycles. The summed E-state index contributed by atoms with van der Waals surface area (Å²) in [4.78, 5) is 9.90. The second-order valence-corrected chi connectivity index (χ2v) is 9.33. The Kier molecular flexibility index (Phi) is 38.1. The van der Waals surface area contributed by atoms with Crippen molar-refractivity contribution in [1.82, 2.24) is 0 Å². The van der Waals surface area contributed by atoms with Crippen molar-refractivity contribution in [3.63, 3.8) is 0 Å². The Morgan fingerprint density at radius 3 is 1.35 bits per heavy atom. The van der Waals surface area contributed by atoms with E-state index in [1.54, 1.807) is 0 Å². The monoisotopic (exact) mass is 532 g/mol. The summed E-state index contributed by atoms with van der Waals surface area (Å²) in [5.74, 6) is 0. The van der Waals surface area contributed by atoms with Gasteiger partial charge in [0, 0.05) is 0 Å². The summed E-state index contributed by atoms with van der Waals surface area (Å²) < 4.78 is 33.1. The average Bonchev–Trinajstić information content (AvgIpc) is 2.80. The van der Waals surface area contributed by atoms with Crippen molar-refractivity contribution in [1.29, 1.82) is 0 Å². The van der Waals surface area contributed by atoms with Crippen LogP contribution >= 0.6 is 0 Å². The number of carbonyl (C=O) groups is 1. The van der Waals surface area contributed by atoms with Crippen LogP contribution in [0.5, 0.6) is 0 Å². The Morgan fingerprint density at radius 1 is 0.735 bits per heavy atom. The van der Waals surface area contributed by atoms with Crippen LogP contribution in [0, 0.1) is 0 Å². The molecule has 12 nitrogen and oxygen atoms in total. The van der Waals surface area contributed by atoms with Crippen LogP contribution in [0.2, 0.25) is 3.67 Å². The van der Waals surface area contributed by atoms with E-state index in [1.165, 1.54) is 95.8 Å². The Morgan fingerprint density at radius 2 is 1.09 bits per heavy atom. The summed E-state index contributed by atoms with van der Waals surface area (Å²) in [6.07, 6.45) is 7.90. The summed E-state index contributed by atoms with van der Waals surface area (Å²) in [6, 6.07) is 0. The molecule has 4 atom stereocenters. The third kappa shape index (κ3) is 42.4. The zero-order chi connectivity index (χ0) is 27.4. The molecule has 0 rings (SSSR count). The summed E-state index contributed by atoms with van der Waals surface area (Å²) in [6.45, 7) is 1.28. The van der Waals surface area contributed by atoms with Crippen molar-refractivity contribution < 1.29 is 58.1 Å². The first-order chi connectivity index (χ1) is 15.9. The van der Waals surface area contributed by atoms with Crippen molar-refractivity contribution in [2.75, 3.05) is 19.8 Å². The number of aliphatic hydroxyl groups excluding tert-OH is 7. The summed E-state index contributed by atoms with van der Waals surface area (Å²) in [7, 11) is -4.67. The van der Waals surface area contributed by atoms with Gasteiger partial charge in [-0.05, 0) is 0 Å². The van der Waals surface area contributed by atoms with E-state index >= 15 is 0 Å². The van der Waals surface area contributed by atoms with E-state index in [0.717, 1.165) is 0 Å². The van der Waals surface area contributed by atoms with Crippen LogP contribution in [0.15, 0.2) is 0 Å². The van der Waals surface area contributed by atoms with Crippen molar-refractivity contribution in [2.45, 2.75) is 99.2 Å². The Labute approximate surface area is 221 Å². The van der Waals surface area contributed by atoms with Gasteiger partial charge >= 0.3 is 113 Å². The molecule has 0 aromatic rings. The van der Waals surface area contributed by atoms with E-state index in [2.05, 4.69) is 6.92 Å². The van der Waals surface area contributed by atoms with Gasteiger partial charge in [0.2, 0.25) is 0 Å². The molecule has 0 saturated carbocycles. The number of hydrogen-bond acceptors (Lipinski definition) is 10. The maximum atomic E-state index is 9.90. The molecule has 4 unspecified atom stereocenters. The van der Waals surface area contributed by atoms with Crippen LogP contribution in [-0.4, -0.2) is 132 Å². The molecule has 9 N–H and O–H groups in total. The largest absolute Gasteiger partial charge is 0.394 e. The molecule has 0 aromatic carbocycles. The molecule has 0 aliphatic carbocycles. The SMILES string of the molecule is CCCCCCCCCCC[CH2][Na].O=CC(O)C(O)C(O)C(O)CO.O=S(=O)(O)O.OCCO. The molecule has 14 heteroatoms. The van der Waals surface area contributed by atoms with Gasteiger partial charge < -0.3 is 40.5 Å². The number of aldehydes is 1. The molecule has 0 aliphatic heterocycles. The molecule has 0 heterocycles. The number of rotatable bonds is 16. The number of aliphatic hydroxyl groups is 7. The van der Waals surface area contributed by atoms with E-state index in [9.17, 15) is 4.79 Å². The van der Waals surface area contributed by atoms with Crippen LogP contribution < -0.4 is 0 Å². The van der Waals surface area contributed by atoms with Gasteiger partial charge in [0.15, 0.2) is 6.29 Å². The molecule has 34 heavy (non-hydrogen) atoms. The molecule has 0 spiro atoms. The number of carbonyl (C=O) groups excluding carboxylic acids is 1. The maximum Gasteiger partial charge on any atom is 0.394 e. The fourth-order valence-corrected chi connectivity index (χ4v) is 2.86. The Balaban J connectivity index is -0.000000196. The molecule has 0 aromatic heterocycles. The Bertz CT molecular complexity index is 476. The topological polar surface area (TPSA) is 233 Å². The third-order valence-corrected chi connectivity index (χ3v) is 4.93. The number of hydrogen-bond donors (Lipinski definition) is 9. The molecule has 204 valence electrons. The zero-order valence-electron chi connectivity index (χ0n) is 20.4. The van der Waals surface area contributed by atoms with Gasteiger partial charge in [-0.2, -0.15) is 8.42 Å². The van der Waals surface area contributed by atoms with Crippen LogP contribution in [0.3, 0.4) is 0 Å². The van der Waals surface area contributed by atoms with E-state index in [-0.39, 0.29) is 19.5 Å². The summed E-state index contributed by atoms with van der Waals surface area (Å²) in [5, 5.41) is 58.8. The molecular weight excluding hydrogens is 487 g/mol. The van der Waals surface area contributed by atoms with E-state index in [1.807, 2.05) is 0 Å². The van der Waals surface area contributed by atoms with Gasteiger partial charge in [-0.1, -0.05) is 0 Å². The van der Waals surface area contributed by atoms with E-state index < -0.39 is 41.4 Å². The molecule has 0 aliphatic rings. The van der Waals surface area contributed by atoms with Crippen LogP contribution in [0.1, 0.15) is 71.1 Å². The second-order valence-electron chi connectivity index (χ2n) is 7.43. The molecule has 0 fully saturated rings. The van der Waals surface area contributed by atoms with Gasteiger partial charge in [0.25, 0.3) is 0 Å². The predicted octanol–water partition coefficient (Wildman–Crippen LogP) is -0.566. The van der Waals surface area contributed by atoms with Crippen molar-refractivity contribution in [3.8, 4) is 0 Å². The molecular formula is C20H45NaO12S. The fraction of sp³-hybridized carbons (Fsp3) is 0.950. The average molecular weight is 533 g/mol. The quantitative estimate of drug-likeness (QED) is 0.0526. The van der Waals surface area contributed by atoms with E-state index in [0.29, 0.717) is 0 Å². The van der Waals surface area contributed by atoms with Crippen molar-refractivity contribution >= 4 is 44.6 Å². The Hall–Kier alpha value is 0.260. The zero-order valence-corrected chi connectivity index (χ0v) is 23.3. The number of unbranched alkanes of at least 4 members (excludes halogenated alkanes) is 9. The van der Waals surface area contributed by atoms with Crippen LogP contribution in [0.4, 0.5) is 0 Å². The predicted molar refractivity (Wildman–Crippen MR) is 128 cm³/mol. The summed E-state index contributed by atoms with van der Waals surface area (Å²) >= 11 is 1.41. The maximum absolute atomic E-state index is 9.90. The van der Waals surface area contributed by atoms with Crippen molar-refractivity contribution in [3.05, 3.63) is 0 Å². The van der Waals surface area contributed by atoms with Gasteiger partial charge in [0.1, 0.15) is 24.4 Å². The first-order valence-electron chi connectivity index (χ1n) is 11.6. The van der Waals surface area contributed by atoms with Crippen molar-refractivity contribution in [2.24, 2.45) is 0 Å². The van der Waals surface area contributed by atoms with Crippen LogP contribution in [-0.2, 0) is 15.2 Å². The van der Waals surface area contributed by atoms with Gasteiger partial charge in [-0.3, -0.25) is 9.11 Å². The first kappa shape index (κ1) is 41.4. The third-order valence-electron chi connectivity index (χ3n) is 4.23. The minimum Gasteiger partial charge on any atom is -0.394 e. The summed E-state index contributed by atoms with van der Waals surface area (Å²) in [5.41, 5.74) is 0. The van der Waals surface area contributed by atoms with Gasteiger partial charge in [-0.15, -0.1) is 0 Å². The van der Waals surface area contributed by atoms with Crippen LogP contribution in [0.25, 0.3) is 0 Å². The molecule has 0 amide bonds. The minimum absolute atomic E-state index is 0.0258. The standard InChI is InChI=1S/C12H25.C6H12O6.C2H6O2.Na.H2O4S/c1-3-5-7-9-11-12-10-8-6-4-2;7-1-3(9)5(11)6(12)4(10)2-8;3-1-2-4;;1-5(2,3)4/h1,3-12H2,2H3;1,3-6,8-12H,2H2;3-4H,1-2H2;;(H2,1,2,3,4). The smallest absolute Gasteiger partial charge is 0.394 e. The fourth-order valence-electron chi connectivity index (χ4n) is 2.36. The van der Waals surface area contributed by atoms with Gasteiger partial charge in [-0.25, -0.2) is 0 Å². The normalized spacial score (nSPS) is 14.1. The molecule has 0 bridgehead atoms. The molecule has 0 radical (unpaired) electrons.